The van der Waals surface area contributed by atoms with E-state index in [1.165, 1.54) is 12.1 Å². The molecule has 0 bridgehead atoms. The summed E-state index contributed by atoms with van der Waals surface area (Å²) in [5.74, 6) is -1.27. The number of hydrogen-bond acceptors (Lipinski definition) is 9. The maximum atomic E-state index is 12.9. The van der Waals surface area contributed by atoms with Gasteiger partial charge in [0.2, 0.25) is 0 Å². The topological polar surface area (TPSA) is 172 Å². The summed E-state index contributed by atoms with van der Waals surface area (Å²) in [6.07, 6.45) is 7.23. The number of non-ortho nitro benzene ring substituents is 1. The number of esters is 1. The Balaban J connectivity index is 1.30. The first kappa shape index (κ1) is 29.2. The van der Waals surface area contributed by atoms with Gasteiger partial charge in [0.25, 0.3) is 11.6 Å². The van der Waals surface area contributed by atoms with Gasteiger partial charge in [0.15, 0.2) is 0 Å². The van der Waals surface area contributed by atoms with Crippen molar-refractivity contribution in [1.82, 2.24) is 5.43 Å². The summed E-state index contributed by atoms with van der Waals surface area (Å²) in [5, 5.41) is 50.4. The fraction of sp³-hybridized carbons (Fsp3) is 0.633. The summed E-state index contributed by atoms with van der Waals surface area (Å²) in [6.45, 7) is 2.38. The second-order valence-corrected chi connectivity index (χ2v) is 13.5. The number of rotatable bonds is 5. The Morgan fingerprint density at radius 1 is 1.17 bits per heavy atom. The van der Waals surface area contributed by atoms with E-state index in [9.17, 15) is 35.0 Å². The molecule has 4 saturated carbocycles. The summed E-state index contributed by atoms with van der Waals surface area (Å²) >= 11 is 6.14. The van der Waals surface area contributed by atoms with Crippen LogP contribution in [0, 0.1) is 38.7 Å². The van der Waals surface area contributed by atoms with Crippen molar-refractivity contribution in [3.63, 3.8) is 0 Å². The van der Waals surface area contributed by atoms with E-state index in [1.54, 1.807) is 12.3 Å². The highest BCUT2D eigenvalue weighted by Gasteiger charge is 2.71. The molecule has 0 saturated heterocycles. The number of nitrogens with one attached hydrogen (secondary N) is 1. The summed E-state index contributed by atoms with van der Waals surface area (Å²) in [5.41, 5.74) is -0.454. The number of amides is 1. The van der Waals surface area contributed by atoms with Crippen molar-refractivity contribution in [2.75, 3.05) is 6.61 Å². The van der Waals surface area contributed by atoms with E-state index >= 15 is 0 Å². The van der Waals surface area contributed by atoms with Crippen LogP contribution in [0.25, 0.3) is 0 Å². The predicted molar refractivity (Wildman–Crippen MR) is 152 cm³/mol. The van der Waals surface area contributed by atoms with Crippen LogP contribution in [0.1, 0.15) is 75.1 Å². The largest absolute Gasteiger partial charge is 0.458 e. The van der Waals surface area contributed by atoms with E-state index in [4.69, 9.17) is 16.3 Å². The van der Waals surface area contributed by atoms with Gasteiger partial charge in [0, 0.05) is 41.7 Å². The molecule has 0 spiro atoms. The van der Waals surface area contributed by atoms with E-state index < -0.39 is 39.0 Å². The molecule has 226 valence electrons. The number of cyclic esters (lactones) is 1. The monoisotopic (exact) mass is 601 g/mol. The molecule has 4 N–H and O–H groups in total. The molecule has 8 atom stereocenters. The maximum absolute atomic E-state index is 12.9. The molecule has 42 heavy (non-hydrogen) atoms. The van der Waals surface area contributed by atoms with Gasteiger partial charge >= 0.3 is 5.97 Å². The highest BCUT2D eigenvalue weighted by molar-refractivity contribution is 6.34. The summed E-state index contributed by atoms with van der Waals surface area (Å²) in [6, 6.07) is 3.55. The first-order valence-electron chi connectivity index (χ1n) is 14.6. The van der Waals surface area contributed by atoms with Crippen molar-refractivity contribution in [2.24, 2.45) is 33.7 Å². The van der Waals surface area contributed by atoms with Gasteiger partial charge < -0.3 is 20.1 Å². The molecular formula is C30H36ClN3O8. The van der Waals surface area contributed by atoms with Crippen LogP contribution in [-0.4, -0.2) is 62.2 Å². The van der Waals surface area contributed by atoms with Gasteiger partial charge in [-0.3, -0.25) is 14.9 Å². The van der Waals surface area contributed by atoms with Crippen molar-refractivity contribution >= 4 is 35.4 Å². The highest BCUT2D eigenvalue weighted by atomic mass is 35.5. The Morgan fingerprint density at radius 2 is 1.93 bits per heavy atom. The number of halogens is 1. The Morgan fingerprint density at radius 3 is 2.62 bits per heavy atom. The minimum Gasteiger partial charge on any atom is -0.458 e. The second-order valence-electron chi connectivity index (χ2n) is 13.1. The first-order valence-corrected chi connectivity index (χ1v) is 15.0. The highest BCUT2D eigenvalue weighted by Crippen LogP contribution is 2.70. The number of carbonyl (C=O) groups is 2. The third kappa shape index (κ3) is 4.23. The Kier molecular flexibility index (Phi) is 7.03. The zero-order chi connectivity index (χ0) is 30.1. The molecule has 11 nitrogen and oxygen atoms in total. The quantitative estimate of drug-likeness (QED) is 0.171. The molecule has 5 aliphatic rings. The van der Waals surface area contributed by atoms with Crippen molar-refractivity contribution in [3.8, 4) is 0 Å². The summed E-state index contributed by atoms with van der Waals surface area (Å²) in [7, 11) is 0. The molecular weight excluding hydrogens is 566 g/mol. The Hall–Kier alpha value is -2.86. The summed E-state index contributed by atoms with van der Waals surface area (Å²) in [4.78, 5) is 35.2. The van der Waals surface area contributed by atoms with Crippen molar-refractivity contribution in [1.29, 1.82) is 0 Å². The lowest BCUT2D eigenvalue weighted by Crippen LogP contribution is -2.68. The van der Waals surface area contributed by atoms with Gasteiger partial charge in [0.05, 0.1) is 32.8 Å². The average molecular weight is 602 g/mol. The smallest absolute Gasteiger partial charge is 0.331 e. The minimum absolute atomic E-state index is 0.0242. The number of aliphatic hydroxyl groups is 3. The zero-order valence-electron chi connectivity index (χ0n) is 23.4. The molecule has 12 heteroatoms. The van der Waals surface area contributed by atoms with Gasteiger partial charge in [-0.25, -0.2) is 10.2 Å². The van der Waals surface area contributed by atoms with Gasteiger partial charge in [-0.05, 0) is 80.8 Å². The van der Waals surface area contributed by atoms with E-state index in [1.807, 2.05) is 0 Å². The number of aliphatic hydroxyl groups excluding tert-OH is 1. The standard InChI is InChI=1S/C30H36ClN3O8/c1-27-8-5-22-23(30(27,39)11-7-21(27)17-12-25(36)42-15-17)6-10-29(38)14-19(35)4-9-28(22,29)16-32-33-26(37)20-3-2-18(34(40)41)13-24(20)31/h2-3,12-13,16,19,21-23,35,38-39H,4-11,14-15H2,1H3,(H,33,37)/b32-16-/t19-,21-,22+,23-,27-,28+,29+,30-/m1/s1. The van der Waals surface area contributed by atoms with E-state index in [0.29, 0.717) is 44.9 Å². The molecule has 1 aromatic rings. The fourth-order valence-corrected chi connectivity index (χ4v) is 9.69. The fourth-order valence-electron chi connectivity index (χ4n) is 9.43. The van der Waals surface area contributed by atoms with E-state index in [2.05, 4.69) is 17.5 Å². The first-order chi connectivity index (χ1) is 19.8. The number of hydrogen-bond donors (Lipinski definition) is 4. The minimum atomic E-state index is -1.28. The molecule has 4 fully saturated rings. The van der Waals surface area contributed by atoms with Crippen LogP contribution in [0.15, 0.2) is 34.9 Å². The van der Waals surface area contributed by atoms with Crippen LogP contribution in [0.3, 0.4) is 0 Å². The number of benzene rings is 1. The van der Waals surface area contributed by atoms with Gasteiger partial charge in [-0.2, -0.15) is 5.10 Å². The van der Waals surface area contributed by atoms with Crippen LogP contribution >= 0.6 is 11.6 Å². The van der Waals surface area contributed by atoms with Gasteiger partial charge in [-0.15, -0.1) is 0 Å². The number of carbonyl (C=O) groups excluding carboxylic acids is 2. The van der Waals surface area contributed by atoms with Crippen LogP contribution in [0.4, 0.5) is 5.69 Å². The van der Waals surface area contributed by atoms with Crippen molar-refractivity contribution in [3.05, 3.63) is 50.5 Å². The zero-order valence-corrected chi connectivity index (χ0v) is 24.2. The molecule has 0 aromatic heterocycles. The summed E-state index contributed by atoms with van der Waals surface area (Å²) < 4.78 is 5.21. The van der Waals surface area contributed by atoms with Gasteiger partial charge in [-0.1, -0.05) is 18.5 Å². The SMILES string of the molecule is C[C@]12CC[C@H]3[C@@H](CC[C@]4(O)C[C@H](O)CC[C@]34/C=N\NC(=O)c3ccc([N+](=O)[O-])cc3Cl)[C@]1(O)CC[C@@H]2C1=CC(=O)OC1. The third-order valence-corrected chi connectivity index (χ3v) is 11.8. The lowest BCUT2D eigenvalue weighted by atomic mass is 9.41. The maximum Gasteiger partial charge on any atom is 0.331 e. The van der Waals surface area contributed by atoms with E-state index in [0.717, 1.165) is 18.1 Å². The van der Waals surface area contributed by atoms with Crippen molar-refractivity contribution < 1.29 is 34.6 Å². The molecule has 6 rings (SSSR count). The van der Waals surface area contributed by atoms with Gasteiger partial charge in [0.1, 0.15) is 6.61 Å². The van der Waals surface area contributed by atoms with Crippen LogP contribution < -0.4 is 5.43 Å². The number of nitro groups is 1. The van der Waals surface area contributed by atoms with Crippen LogP contribution in [-0.2, 0) is 9.53 Å². The lowest BCUT2D eigenvalue weighted by molar-refractivity contribution is -0.384. The number of nitro benzene ring substituents is 1. The second kappa shape index (κ2) is 10.1. The number of hydrazone groups is 1. The molecule has 0 unspecified atom stereocenters. The average Bonchev–Trinajstić information content (AvgIpc) is 3.48. The molecule has 1 aromatic carbocycles. The normalized spacial score (nSPS) is 41.0. The van der Waals surface area contributed by atoms with E-state index in [-0.39, 0.29) is 53.0 Å². The van der Waals surface area contributed by atoms with Crippen molar-refractivity contribution in [2.45, 2.75) is 82.0 Å². The Bertz CT molecular complexity index is 1400. The van der Waals surface area contributed by atoms with Crippen LogP contribution in [0.2, 0.25) is 5.02 Å². The van der Waals surface area contributed by atoms with Crippen LogP contribution in [0.5, 0.6) is 0 Å². The number of ether oxygens (including phenoxy) is 1. The molecule has 1 amide bonds. The predicted octanol–water partition coefficient (Wildman–Crippen LogP) is 3.68. The third-order valence-electron chi connectivity index (χ3n) is 11.5. The molecule has 1 heterocycles. The Labute approximate surface area is 248 Å². The lowest BCUT2D eigenvalue weighted by Gasteiger charge is -2.65. The molecule has 4 aliphatic carbocycles. The number of fused-ring (bicyclic) bond motifs is 5. The molecule has 0 radical (unpaired) electrons. The number of nitrogens with zero attached hydrogens (tertiary/aromatic N) is 2. The molecule has 1 aliphatic heterocycles.